The lowest BCUT2D eigenvalue weighted by Crippen LogP contribution is -2.37. The van der Waals surface area contributed by atoms with Crippen molar-refractivity contribution in [2.24, 2.45) is 4.99 Å². The van der Waals surface area contributed by atoms with Crippen LogP contribution in [0.25, 0.3) is 0 Å². The van der Waals surface area contributed by atoms with Crippen LogP contribution >= 0.6 is 0 Å². The molecule has 0 unspecified atom stereocenters. The molecule has 0 radical (unpaired) electrons. The first-order valence-electron chi connectivity index (χ1n) is 10.5. The third-order valence-electron chi connectivity index (χ3n) is 4.72. The van der Waals surface area contributed by atoms with Gasteiger partial charge in [0.05, 0.1) is 19.7 Å². The van der Waals surface area contributed by atoms with E-state index >= 15 is 0 Å². The first-order valence-corrected chi connectivity index (χ1v) is 10.5. The molecule has 3 aromatic rings. The molecule has 158 valence electrons. The Morgan fingerprint density at radius 2 is 1.73 bits per heavy atom. The Bertz CT molecular complexity index is 904. The fourth-order valence-electron chi connectivity index (χ4n) is 3.10. The first kappa shape index (κ1) is 21.6. The largest absolute Gasteiger partial charge is 0.377 e. The molecule has 6 nitrogen and oxygen atoms in total. The van der Waals surface area contributed by atoms with E-state index < -0.39 is 0 Å². The fraction of sp³-hybridized carbons (Fsp3) is 0.333. The quantitative estimate of drug-likeness (QED) is 0.399. The van der Waals surface area contributed by atoms with Crippen LogP contribution in [0.5, 0.6) is 0 Å². The number of benzene rings is 2. The highest BCUT2D eigenvalue weighted by atomic mass is 16.5. The van der Waals surface area contributed by atoms with Crippen LogP contribution in [-0.4, -0.2) is 28.9 Å². The molecule has 0 aliphatic carbocycles. The second-order valence-corrected chi connectivity index (χ2v) is 6.97. The summed E-state index contributed by atoms with van der Waals surface area (Å²) in [6.07, 6.45) is 3.79. The Kier molecular flexibility index (Phi) is 8.47. The summed E-state index contributed by atoms with van der Waals surface area (Å²) in [5.41, 5.74) is 4.84. The summed E-state index contributed by atoms with van der Waals surface area (Å²) in [6, 6.07) is 18.8. The number of guanidine groups is 1. The molecule has 0 aliphatic rings. The lowest BCUT2D eigenvalue weighted by Gasteiger charge is -2.14. The molecule has 0 spiro atoms. The summed E-state index contributed by atoms with van der Waals surface area (Å²) in [6.45, 7) is 8.37. The Balaban J connectivity index is 1.60. The molecule has 0 atom stereocenters. The van der Waals surface area contributed by atoms with Crippen molar-refractivity contribution in [3.63, 3.8) is 0 Å². The molecule has 0 aliphatic heterocycles. The van der Waals surface area contributed by atoms with Crippen molar-refractivity contribution in [1.82, 2.24) is 20.4 Å². The first-order chi connectivity index (χ1) is 14.8. The van der Waals surface area contributed by atoms with Gasteiger partial charge in [0, 0.05) is 32.1 Å². The highest BCUT2D eigenvalue weighted by molar-refractivity contribution is 5.79. The molecule has 6 heteroatoms. The average Bonchev–Trinajstić information content (AvgIpc) is 3.29. The minimum Gasteiger partial charge on any atom is -0.377 e. The van der Waals surface area contributed by atoms with Crippen molar-refractivity contribution in [3.05, 3.63) is 89.2 Å². The van der Waals surface area contributed by atoms with Gasteiger partial charge in [-0.15, -0.1) is 0 Å². The number of aliphatic imine (C=N–C) groups is 1. The molecular formula is C24H31N5O. The molecule has 30 heavy (non-hydrogen) atoms. The van der Waals surface area contributed by atoms with Gasteiger partial charge in [-0.3, -0.25) is 4.68 Å². The Morgan fingerprint density at radius 3 is 2.43 bits per heavy atom. The van der Waals surface area contributed by atoms with Crippen LogP contribution < -0.4 is 10.6 Å². The molecule has 2 aromatic carbocycles. The molecule has 0 saturated carbocycles. The van der Waals surface area contributed by atoms with Crippen LogP contribution in [0.1, 0.15) is 36.1 Å². The third-order valence-corrected chi connectivity index (χ3v) is 4.72. The summed E-state index contributed by atoms with van der Waals surface area (Å²) < 4.78 is 7.39. The van der Waals surface area contributed by atoms with E-state index in [1.165, 1.54) is 22.3 Å². The van der Waals surface area contributed by atoms with Gasteiger partial charge in [-0.05, 0) is 42.2 Å². The van der Waals surface area contributed by atoms with Gasteiger partial charge in [-0.25, -0.2) is 4.99 Å². The second-order valence-electron chi connectivity index (χ2n) is 6.97. The highest BCUT2D eigenvalue weighted by Crippen LogP contribution is 2.11. The van der Waals surface area contributed by atoms with E-state index in [1.807, 2.05) is 23.9 Å². The monoisotopic (exact) mass is 405 g/mol. The number of rotatable bonds is 10. The van der Waals surface area contributed by atoms with E-state index in [1.54, 1.807) is 6.20 Å². The van der Waals surface area contributed by atoms with Gasteiger partial charge in [-0.1, -0.05) is 48.5 Å². The van der Waals surface area contributed by atoms with Gasteiger partial charge in [0.25, 0.3) is 0 Å². The van der Waals surface area contributed by atoms with Crippen molar-refractivity contribution >= 4 is 5.96 Å². The number of aromatic nitrogens is 2. The van der Waals surface area contributed by atoms with E-state index in [9.17, 15) is 0 Å². The Hall–Kier alpha value is -3.12. The normalized spacial score (nSPS) is 11.5. The molecular weight excluding hydrogens is 374 g/mol. The predicted molar refractivity (Wildman–Crippen MR) is 121 cm³/mol. The maximum atomic E-state index is 5.45. The topological polar surface area (TPSA) is 63.5 Å². The zero-order chi connectivity index (χ0) is 21.0. The minimum absolute atomic E-state index is 0.624. The third kappa shape index (κ3) is 6.74. The van der Waals surface area contributed by atoms with Gasteiger partial charge in [0.1, 0.15) is 0 Å². The van der Waals surface area contributed by atoms with Gasteiger partial charge >= 0.3 is 0 Å². The minimum atomic E-state index is 0.624. The van der Waals surface area contributed by atoms with E-state index in [-0.39, 0.29) is 0 Å². The van der Waals surface area contributed by atoms with E-state index in [2.05, 4.69) is 71.2 Å². The molecule has 2 N–H and O–H groups in total. The van der Waals surface area contributed by atoms with Crippen LogP contribution in [0.4, 0.5) is 0 Å². The zero-order valence-electron chi connectivity index (χ0n) is 17.8. The van der Waals surface area contributed by atoms with Crippen molar-refractivity contribution in [1.29, 1.82) is 0 Å². The highest BCUT2D eigenvalue weighted by Gasteiger charge is 2.05. The molecule has 0 bridgehead atoms. The molecule has 0 saturated heterocycles. The summed E-state index contributed by atoms with van der Waals surface area (Å²) in [7, 11) is 0. The van der Waals surface area contributed by atoms with Crippen molar-refractivity contribution in [3.8, 4) is 0 Å². The smallest absolute Gasteiger partial charge is 0.191 e. The van der Waals surface area contributed by atoms with E-state index in [0.717, 1.165) is 25.7 Å². The summed E-state index contributed by atoms with van der Waals surface area (Å²) in [5.74, 6) is 0.810. The number of hydrogen-bond donors (Lipinski definition) is 2. The molecule has 3 rings (SSSR count). The molecule has 0 fully saturated rings. The van der Waals surface area contributed by atoms with Gasteiger partial charge in [-0.2, -0.15) is 5.10 Å². The molecule has 1 aromatic heterocycles. The summed E-state index contributed by atoms with van der Waals surface area (Å²) in [5, 5.41) is 11.1. The van der Waals surface area contributed by atoms with Gasteiger partial charge < -0.3 is 15.4 Å². The van der Waals surface area contributed by atoms with E-state index in [4.69, 9.17) is 9.73 Å². The lowest BCUT2D eigenvalue weighted by molar-refractivity contribution is 0.134. The number of nitrogens with one attached hydrogen (secondary N) is 2. The summed E-state index contributed by atoms with van der Waals surface area (Å²) in [4.78, 5) is 4.74. The van der Waals surface area contributed by atoms with Gasteiger partial charge in [0.2, 0.25) is 0 Å². The van der Waals surface area contributed by atoms with Crippen LogP contribution in [0.2, 0.25) is 0 Å². The van der Waals surface area contributed by atoms with Crippen molar-refractivity contribution in [2.75, 3.05) is 13.2 Å². The van der Waals surface area contributed by atoms with Crippen LogP contribution in [0.3, 0.4) is 0 Å². The average molecular weight is 406 g/mol. The van der Waals surface area contributed by atoms with E-state index in [0.29, 0.717) is 19.7 Å². The van der Waals surface area contributed by atoms with Gasteiger partial charge in [0.15, 0.2) is 5.96 Å². The SMILES string of the molecule is CCNC(=NCc1ccc(COCC)cc1)NCc1ccccc1Cn1cccn1. The maximum Gasteiger partial charge on any atom is 0.191 e. The number of hydrogen-bond acceptors (Lipinski definition) is 3. The fourth-order valence-corrected chi connectivity index (χ4v) is 3.10. The maximum absolute atomic E-state index is 5.45. The molecule has 0 amide bonds. The second kappa shape index (κ2) is 11.8. The Morgan fingerprint density at radius 1 is 0.967 bits per heavy atom. The number of ether oxygens (including phenoxy) is 1. The van der Waals surface area contributed by atoms with Crippen LogP contribution in [0.15, 0.2) is 72.0 Å². The van der Waals surface area contributed by atoms with Crippen LogP contribution in [0, 0.1) is 0 Å². The Labute approximate surface area is 179 Å². The molecule has 1 heterocycles. The zero-order valence-corrected chi connectivity index (χ0v) is 17.8. The summed E-state index contributed by atoms with van der Waals surface area (Å²) >= 11 is 0. The predicted octanol–water partition coefficient (Wildman–Crippen LogP) is 3.72. The van der Waals surface area contributed by atoms with Crippen LogP contribution in [-0.2, 0) is 31.0 Å². The van der Waals surface area contributed by atoms with Crippen molar-refractivity contribution in [2.45, 2.75) is 40.1 Å². The lowest BCUT2D eigenvalue weighted by atomic mass is 10.1. The number of nitrogens with zero attached hydrogens (tertiary/aromatic N) is 3. The van der Waals surface area contributed by atoms with Crippen molar-refractivity contribution < 1.29 is 4.74 Å². The standard InChI is InChI=1S/C24H31N5O/c1-3-25-24(26-16-20-10-12-21(13-11-20)19-30-4-2)27-17-22-8-5-6-9-23(22)18-29-15-7-14-28-29/h5-15H,3-4,16-19H2,1-2H3,(H2,25,26,27).